The van der Waals surface area contributed by atoms with Crippen molar-refractivity contribution in [1.29, 1.82) is 0 Å². The first-order valence-corrected chi connectivity index (χ1v) is 6.03. The number of benzene rings is 1. The number of rotatable bonds is 5. The monoisotopic (exact) mass is 287 g/mol. The lowest BCUT2D eigenvalue weighted by atomic mass is 10.2. The predicted molar refractivity (Wildman–Crippen MR) is 64.4 cm³/mol. The molecule has 0 bridgehead atoms. The van der Waals surface area contributed by atoms with Crippen molar-refractivity contribution in [1.82, 2.24) is 5.32 Å². The molecule has 0 aliphatic rings. The van der Waals surface area contributed by atoms with Crippen molar-refractivity contribution in [2.45, 2.75) is 12.7 Å². The molecule has 0 aromatic heterocycles. The van der Waals surface area contributed by atoms with Gasteiger partial charge >= 0.3 is 6.09 Å². The molecule has 0 aliphatic carbocycles. The summed E-state index contributed by atoms with van der Waals surface area (Å²) < 4.78 is 4.95. The Morgan fingerprint density at radius 3 is 2.75 bits per heavy atom. The van der Waals surface area contributed by atoms with Crippen LogP contribution in [-0.2, 0) is 11.3 Å². The molecule has 4 nitrogen and oxygen atoms in total. The maximum Gasteiger partial charge on any atom is 0.407 e. The van der Waals surface area contributed by atoms with E-state index in [-0.39, 0.29) is 13.2 Å². The summed E-state index contributed by atoms with van der Waals surface area (Å²) in [6, 6.07) is 9.41. The molecule has 0 unspecified atom stereocenters. The van der Waals surface area contributed by atoms with Gasteiger partial charge in [0.2, 0.25) is 0 Å². The summed E-state index contributed by atoms with van der Waals surface area (Å²) in [7, 11) is 0. The SMILES string of the molecule is O=C(NC[C@H](O)CBr)OCc1ccccc1. The maximum absolute atomic E-state index is 11.2. The molecule has 0 aliphatic heterocycles. The van der Waals surface area contributed by atoms with Gasteiger partial charge in [-0.25, -0.2) is 4.79 Å². The van der Waals surface area contributed by atoms with Crippen LogP contribution in [0.25, 0.3) is 0 Å². The zero-order chi connectivity index (χ0) is 11.8. The fourth-order valence-corrected chi connectivity index (χ4v) is 1.26. The highest BCUT2D eigenvalue weighted by atomic mass is 79.9. The third-order valence-corrected chi connectivity index (χ3v) is 2.62. The van der Waals surface area contributed by atoms with Crippen molar-refractivity contribution in [3.8, 4) is 0 Å². The van der Waals surface area contributed by atoms with Crippen LogP contribution < -0.4 is 5.32 Å². The number of aliphatic hydroxyl groups excluding tert-OH is 1. The summed E-state index contributed by atoms with van der Waals surface area (Å²) in [6.07, 6.45) is -1.12. The van der Waals surface area contributed by atoms with Crippen LogP contribution in [0, 0.1) is 0 Å². The van der Waals surface area contributed by atoms with Gasteiger partial charge in [0, 0.05) is 11.9 Å². The van der Waals surface area contributed by atoms with Crippen LogP contribution in [0.5, 0.6) is 0 Å². The van der Waals surface area contributed by atoms with E-state index in [1.807, 2.05) is 30.3 Å². The molecule has 0 fully saturated rings. The molecule has 16 heavy (non-hydrogen) atoms. The minimum Gasteiger partial charge on any atom is -0.445 e. The Labute approximate surface area is 103 Å². The lowest BCUT2D eigenvalue weighted by Gasteiger charge is -2.09. The average molecular weight is 288 g/mol. The van der Waals surface area contributed by atoms with E-state index < -0.39 is 12.2 Å². The number of aliphatic hydroxyl groups is 1. The summed E-state index contributed by atoms with van der Waals surface area (Å²) in [4.78, 5) is 11.2. The third kappa shape index (κ3) is 5.14. The molecule has 2 N–H and O–H groups in total. The molecular formula is C11H14BrNO3. The lowest BCUT2D eigenvalue weighted by molar-refractivity contribution is 0.130. The quantitative estimate of drug-likeness (QED) is 0.810. The van der Waals surface area contributed by atoms with Crippen molar-refractivity contribution in [3.63, 3.8) is 0 Å². The topological polar surface area (TPSA) is 58.6 Å². The summed E-state index contributed by atoms with van der Waals surface area (Å²) >= 11 is 3.10. The second kappa shape index (κ2) is 7.24. The number of alkyl halides is 1. The molecule has 88 valence electrons. The number of halogens is 1. The van der Waals surface area contributed by atoms with Crippen LogP contribution in [0.2, 0.25) is 0 Å². The van der Waals surface area contributed by atoms with E-state index in [1.165, 1.54) is 0 Å². The molecule has 0 saturated heterocycles. The first-order chi connectivity index (χ1) is 7.72. The largest absolute Gasteiger partial charge is 0.445 e. The van der Waals surface area contributed by atoms with Gasteiger partial charge in [0.15, 0.2) is 0 Å². The summed E-state index contributed by atoms with van der Waals surface area (Å²) in [5.74, 6) is 0. The molecule has 0 heterocycles. The van der Waals surface area contributed by atoms with E-state index in [9.17, 15) is 9.90 Å². The van der Waals surface area contributed by atoms with Crippen LogP contribution in [-0.4, -0.2) is 29.2 Å². The van der Waals surface area contributed by atoms with Gasteiger partial charge in [0.05, 0.1) is 6.10 Å². The standard InChI is InChI=1S/C11H14BrNO3/c12-6-10(14)7-13-11(15)16-8-9-4-2-1-3-5-9/h1-5,10,14H,6-8H2,(H,13,15)/t10-/m1/s1. The van der Waals surface area contributed by atoms with Gasteiger partial charge in [-0.1, -0.05) is 46.3 Å². The highest BCUT2D eigenvalue weighted by Crippen LogP contribution is 2.00. The van der Waals surface area contributed by atoms with E-state index in [0.717, 1.165) is 5.56 Å². The Kier molecular flexibility index (Phi) is 5.88. The summed E-state index contributed by atoms with van der Waals surface area (Å²) in [5.41, 5.74) is 0.929. The number of carbonyl (C=O) groups excluding carboxylic acids is 1. The molecule has 1 aromatic carbocycles. The Balaban J connectivity index is 2.20. The number of carbonyl (C=O) groups is 1. The molecule has 1 rings (SSSR count). The van der Waals surface area contributed by atoms with Crippen molar-refractivity contribution in [3.05, 3.63) is 35.9 Å². The van der Waals surface area contributed by atoms with Gasteiger partial charge < -0.3 is 15.2 Å². The van der Waals surface area contributed by atoms with E-state index in [4.69, 9.17) is 4.74 Å². The molecule has 5 heteroatoms. The van der Waals surface area contributed by atoms with E-state index >= 15 is 0 Å². The molecular weight excluding hydrogens is 274 g/mol. The predicted octanol–water partition coefficient (Wildman–Crippen LogP) is 1.67. The average Bonchev–Trinajstić information content (AvgIpc) is 2.34. The Hall–Kier alpha value is -1.07. The van der Waals surface area contributed by atoms with Gasteiger partial charge in [-0.3, -0.25) is 0 Å². The van der Waals surface area contributed by atoms with Crippen molar-refractivity contribution >= 4 is 22.0 Å². The van der Waals surface area contributed by atoms with E-state index in [2.05, 4.69) is 21.2 Å². The number of amides is 1. The minimum atomic E-state index is -0.593. The second-order valence-corrected chi connectivity index (χ2v) is 3.90. The van der Waals surface area contributed by atoms with Gasteiger partial charge in [-0.05, 0) is 5.56 Å². The van der Waals surface area contributed by atoms with Gasteiger partial charge in [-0.15, -0.1) is 0 Å². The van der Waals surface area contributed by atoms with Crippen LogP contribution in [0.4, 0.5) is 4.79 Å². The number of hydrogen-bond donors (Lipinski definition) is 2. The third-order valence-electron chi connectivity index (χ3n) is 1.87. The van der Waals surface area contributed by atoms with Crippen molar-refractivity contribution in [2.75, 3.05) is 11.9 Å². The van der Waals surface area contributed by atoms with Gasteiger partial charge in [0.1, 0.15) is 6.61 Å². The number of nitrogens with one attached hydrogen (secondary N) is 1. The fourth-order valence-electron chi connectivity index (χ4n) is 1.03. The maximum atomic E-state index is 11.2. The molecule has 0 radical (unpaired) electrons. The number of hydrogen-bond acceptors (Lipinski definition) is 3. The van der Waals surface area contributed by atoms with Crippen LogP contribution in [0.1, 0.15) is 5.56 Å². The molecule has 1 aromatic rings. The van der Waals surface area contributed by atoms with E-state index in [1.54, 1.807) is 0 Å². The highest BCUT2D eigenvalue weighted by molar-refractivity contribution is 9.09. The number of ether oxygens (including phenoxy) is 1. The zero-order valence-corrected chi connectivity index (χ0v) is 10.3. The normalized spacial score (nSPS) is 11.9. The lowest BCUT2D eigenvalue weighted by Crippen LogP contribution is -2.33. The fraction of sp³-hybridized carbons (Fsp3) is 0.364. The minimum absolute atomic E-state index is 0.179. The number of alkyl carbamates (subject to hydrolysis) is 1. The summed E-state index contributed by atoms with van der Waals surface area (Å²) in [6.45, 7) is 0.413. The Morgan fingerprint density at radius 2 is 2.12 bits per heavy atom. The second-order valence-electron chi connectivity index (χ2n) is 3.25. The smallest absolute Gasteiger partial charge is 0.407 e. The molecule has 1 amide bonds. The van der Waals surface area contributed by atoms with Crippen molar-refractivity contribution in [2.24, 2.45) is 0 Å². The molecule has 1 atom stereocenters. The first kappa shape index (κ1) is 13.0. The van der Waals surface area contributed by atoms with Crippen LogP contribution in [0.15, 0.2) is 30.3 Å². The van der Waals surface area contributed by atoms with Gasteiger partial charge in [0.25, 0.3) is 0 Å². The first-order valence-electron chi connectivity index (χ1n) is 4.91. The molecule has 0 saturated carbocycles. The van der Waals surface area contributed by atoms with Gasteiger partial charge in [-0.2, -0.15) is 0 Å². The van der Waals surface area contributed by atoms with Crippen LogP contribution >= 0.6 is 15.9 Å². The molecule has 0 spiro atoms. The Morgan fingerprint density at radius 1 is 1.44 bits per heavy atom. The summed E-state index contributed by atoms with van der Waals surface area (Å²) in [5, 5.41) is 12.1. The van der Waals surface area contributed by atoms with Crippen LogP contribution in [0.3, 0.4) is 0 Å². The highest BCUT2D eigenvalue weighted by Gasteiger charge is 2.06. The van der Waals surface area contributed by atoms with E-state index in [0.29, 0.717) is 5.33 Å². The zero-order valence-electron chi connectivity index (χ0n) is 8.73. The van der Waals surface area contributed by atoms with Crippen molar-refractivity contribution < 1.29 is 14.6 Å². The Bertz CT molecular complexity index is 318.